The molecular formula is C61H43NS. The molecule has 298 valence electrons. The molecule has 12 rings (SSSR count). The van der Waals surface area contributed by atoms with Crippen LogP contribution in [-0.4, -0.2) is 0 Å². The van der Waals surface area contributed by atoms with Gasteiger partial charge in [0.05, 0.1) is 5.69 Å². The second-order valence-electron chi connectivity index (χ2n) is 17.2. The number of fused-ring (bicyclic) bond motifs is 7. The Labute approximate surface area is 372 Å². The lowest BCUT2D eigenvalue weighted by atomic mass is 9.79. The number of rotatable bonds is 7. The molecule has 0 bridgehead atoms. The Morgan fingerprint density at radius 2 is 0.841 bits per heavy atom. The molecular weight excluding hydrogens is 779 g/mol. The first-order valence-corrected chi connectivity index (χ1v) is 22.7. The summed E-state index contributed by atoms with van der Waals surface area (Å²) in [5.74, 6) is 0. The van der Waals surface area contributed by atoms with E-state index in [1.807, 2.05) is 11.3 Å². The minimum absolute atomic E-state index is 0.0994. The Balaban J connectivity index is 0.964. The van der Waals surface area contributed by atoms with Crippen molar-refractivity contribution >= 4 is 59.3 Å². The van der Waals surface area contributed by atoms with E-state index in [1.54, 1.807) is 0 Å². The molecule has 0 radical (unpaired) electrons. The van der Waals surface area contributed by atoms with Gasteiger partial charge in [0.2, 0.25) is 0 Å². The molecule has 10 aromatic carbocycles. The first kappa shape index (κ1) is 37.3. The average molecular weight is 822 g/mol. The van der Waals surface area contributed by atoms with E-state index in [9.17, 15) is 0 Å². The molecule has 63 heavy (non-hydrogen) atoms. The van der Waals surface area contributed by atoms with Gasteiger partial charge in [-0.2, -0.15) is 0 Å². The largest absolute Gasteiger partial charge is 0.310 e. The van der Waals surface area contributed by atoms with Crippen LogP contribution >= 0.6 is 11.3 Å². The number of nitrogens with zero attached hydrogens (tertiary/aromatic N) is 1. The number of hydrogen-bond acceptors (Lipinski definition) is 2. The lowest BCUT2D eigenvalue weighted by molar-refractivity contribution is 0.662. The highest BCUT2D eigenvalue weighted by Gasteiger charge is 2.37. The van der Waals surface area contributed by atoms with Gasteiger partial charge in [-0.25, -0.2) is 0 Å². The van der Waals surface area contributed by atoms with Crippen molar-refractivity contribution in [2.24, 2.45) is 0 Å². The predicted molar refractivity (Wildman–Crippen MR) is 271 cm³/mol. The van der Waals surface area contributed by atoms with Crippen molar-refractivity contribution in [2.75, 3.05) is 4.90 Å². The van der Waals surface area contributed by atoms with E-state index in [0.29, 0.717) is 0 Å². The normalized spacial score (nSPS) is 12.7. The van der Waals surface area contributed by atoms with E-state index in [1.165, 1.54) is 97.7 Å². The molecule has 11 aromatic rings. The van der Waals surface area contributed by atoms with Crippen LogP contribution < -0.4 is 4.90 Å². The molecule has 0 spiro atoms. The zero-order chi connectivity index (χ0) is 42.1. The molecule has 0 amide bonds. The summed E-state index contributed by atoms with van der Waals surface area (Å²) in [5.41, 5.74) is 18.5. The van der Waals surface area contributed by atoms with Crippen molar-refractivity contribution in [3.63, 3.8) is 0 Å². The summed E-state index contributed by atoms with van der Waals surface area (Å²) in [6, 6.07) is 82.7. The molecule has 2 heteroatoms. The monoisotopic (exact) mass is 821 g/mol. The smallest absolute Gasteiger partial charge is 0.0540 e. The fourth-order valence-corrected chi connectivity index (χ4v) is 11.5. The summed E-state index contributed by atoms with van der Waals surface area (Å²) in [7, 11) is 0. The molecule has 1 aliphatic carbocycles. The van der Waals surface area contributed by atoms with Crippen LogP contribution in [0.5, 0.6) is 0 Å². The first-order valence-electron chi connectivity index (χ1n) is 21.8. The van der Waals surface area contributed by atoms with Crippen LogP contribution in [0.3, 0.4) is 0 Å². The van der Waals surface area contributed by atoms with Crippen LogP contribution in [0.4, 0.5) is 17.1 Å². The highest BCUT2D eigenvalue weighted by Crippen LogP contribution is 2.52. The lowest BCUT2D eigenvalue weighted by Crippen LogP contribution is -2.16. The van der Waals surface area contributed by atoms with Crippen molar-refractivity contribution in [3.05, 3.63) is 236 Å². The van der Waals surface area contributed by atoms with Crippen LogP contribution in [0.1, 0.15) is 25.0 Å². The topological polar surface area (TPSA) is 3.24 Å². The fourth-order valence-electron chi connectivity index (χ4n) is 10.3. The van der Waals surface area contributed by atoms with E-state index in [0.717, 1.165) is 17.1 Å². The summed E-state index contributed by atoms with van der Waals surface area (Å²) in [6.07, 6.45) is 0. The van der Waals surface area contributed by atoms with Gasteiger partial charge in [0.1, 0.15) is 0 Å². The second kappa shape index (κ2) is 14.8. The van der Waals surface area contributed by atoms with Crippen molar-refractivity contribution in [1.29, 1.82) is 0 Å². The minimum Gasteiger partial charge on any atom is -0.310 e. The molecule has 0 unspecified atom stereocenters. The Kier molecular flexibility index (Phi) is 8.77. The van der Waals surface area contributed by atoms with Crippen molar-refractivity contribution in [1.82, 2.24) is 0 Å². The summed E-state index contributed by atoms with van der Waals surface area (Å²) in [5, 5.41) is 5.14. The van der Waals surface area contributed by atoms with Gasteiger partial charge in [-0.15, -0.1) is 11.3 Å². The maximum absolute atomic E-state index is 2.44. The van der Waals surface area contributed by atoms with Gasteiger partial charge >= 0.3 is 0 Å². The molecule has 0 fully saturated rings. The first-order chi connectivity index (χ1) is 31.0. The van der Waals surface area contributed by atoms with E-state index >= 15 is 0 Å². The van der Waals surface area contributed by atoms with Crippen LogP contribution in [0.25, 0.3) is 86.6 Å². The number of para-hydroxylation sites is 1. The third-order valence-electron chi connectivity index (χ3n) is 13.3. The molecule has 0 aliphatic heterocycles. The molecule has 0 atom stereocenters. The summed E-state index contributed by atoms with van der Waals surface area (Å²) in [6.45, 7) is 4.74. The van der Waals surface area contributed by atoms with Gasteiger partial charge in [-0.3, -0.25) is 0 Å². The predicted octanol–water partition coefficient (Wildman–Crippen LogP) is 17.7. The highest BCUT2D eigenvalue weighted by molar-refractivity contribution is 7.26. The van der Waals surface area contributed by atoms with E-state index in [4.69, 9.17) is 0 Å². The van der Waals surface area contributed by atoms with E-state index < -0.39 is 0 Å². The molecule has 0 N–H and O–H groups in total. The van der Waals surface area contributed by atoms with E-state index in [-0.39, 0.29) is 5.41 Å². The van der Waals surface area contributed by atoms with Crippen molar-refractivity contribution in [2.45, 2.75) is 19.3 Å². The fraction of sp³-hybridized carbons (Fsp3) is 0.0492. The highest BCUT2D eigenvalue weighted by atomic mass is 32.1. The maximum atomic E-state index is 2.44. The third-order valence-corrected chi connectivity index (χ3v) is 14.5. The van der Waals surface area contributed by atoms with Gasteiger partial charge < -0.3 is 4.90 Å². The van der Waals surface area contributed by atoms with Gasteiger partial charge in [-0.05, 0) is 103 Å². The SMILES string of the molecule is CC1(C)c2ccccc2-c2cccc(-c3ccc(N(c4ccc(-c5ccc(-c6cccc7ccccc67)cc5)cc4)c4ccccc4-c4cccc5c4sc4ccccc45)cc3)c21. The molecule has 1 aliphatic rings. The van der Waals surface area contributed by atoms with Gasteiger partial charge in [-0.1, -0.05) is 202 Å². The molecule has 0 saturated carbocycles. The number of benzene rings is 10. The Morgan fingerprint density at radius 1 is 0.349 bits per heavy atom. The van der Waals surface area contributed by atoms with Crippen LogP contribution in [-0.2, 0) is 5.41 Å². The van der Waals surface area contributed by atoms with Crippen LogP contribution in [0.15, 0.2) is 224 Å². The summed E-state index contributed by atoms with van der Waals surface area (Å²) in [4.78, 5) is 2.44. The average Bonchev–Trinajstić information content (AvgIpc) is 3.84. The minimum atomic E-state index is -0.0994. The van der Waals surface area contributed by atoms with Gasteiger partial charge in [0, 0.05) is 48.1 Å². The lowest BCUT2D eigenvalue weighted by Gasteiger charge is -2.29. The Bertz CT molecular complexity index is 3510. The van der Waals surface area contributed by atoms with Gasteiger partial charge in [0.25, 0.3) is 0 Å². The van der Waals surface area contributed by atoms with E-state index in [2.05, 4.69) is 243 Å². The van der Waals surface area contributed by atoms with Crippen molar-refractivity contribution in [3.8, 4) is 55.6 Å². The Hall–Kier alpha value is -7.52. The van der Waals surface area contributed by atoms with Gasteiger partial charge in [0.15, 0.2) is 0 Å². The number of hydrogen-bond donors (Lipinski definition) is 0. The molecule has 1 heterocycles. The molecule has 0 saturated heterocycles. The zero-order valence-corrected chi connectivity index (χ0v) is 36.0. The standard InChI is InChI=1S/C61H43NS/c1-61(2)56-25-8-5-17-50(56)53-22-12-21-49(59(53)61)44-34-38-46(39-35-44)62(57-26-9-6-18-51(57)54-23-13-24-55-52-19-7-10-27-58(52)63-60(54)55)45-36-32-41(33-37-45)40-28-30-43(31-29-40)48-20-11-15-42-14-3-4-16-47(42)48/h3-39H,1-2H3. The second-order valence-corrected chi connectivity index (χ2v) is 18.3. The molecule has 1 nitrogen and oxygen atoms in total. The van der Waals surface area contributed by atoms with Crippen LogP contribution in [0, 0.1) is 0 Å². The molecule has 1 aromatic heterocycles. The third kappa shape index (κ3) is 6.13. The number of anilines is 3. The van der Waals surface area contributed by atoms with Crippen LogP contribution in [0.2, 0.25) is 0 Å². The maximum Gasteiger partial charge on any atom is 0.0540 e. The Morgan fingerprint density at radius 3 is 1.63 bits per heavy atom. The zero-order valence-electron chi connectivity index (χ0n) is 35.2. The summed E-state index contributed by atoms with van der Waals surface area (Å²) < 4.78 is 2.62. The number of thiophene rings is 1. The van der Waals surface area contributed by atoms with Crippen molar-refractivity contribution < 1.29 is 0 Å². The summed E-state index contributed by atoms with van der Waals surface area (Å²) >= 11 is 1.88. The quantitative estimate of drug-likeness (QED) is 0.155.